The fraction of sp³-hybridized carbons (Fsp3) is 0.500. The number of benzene rings is 1. The first-order valence-corrected chi connectivity index (χ1v) is 7.78. The van der Waals surface area contributed by atoms with Gasteiger partial charge in [0.05, 0.1) is 5.41 Å². The fourth-order valence-electron chi connectivity index (χ4n) is 3.88. The van der Waals surface area contributed by atoms with Crippen molar-refractivity contribution in [3.8, 4) is 5.75 Å². The van der Waals surface area contributed by atoms with Crippen LogP contribution in [0.3, 0.4) is 0 Å². The minimum Gasteiger partial charge on any atom is -0.508 e. The van der Waals surface area contributed by atoms with E-state index < -0.39 is 23.2 Å². The molecule has 0 aromatic heterocycles. The molecule has 1 aromatic carbocycles. The van der Waals surface area contributed by atoms with Gasteiger partial charge < -0.3 is 20.7 Å². The van der Waals surface area contributed by atoms with Gasteiger partial charge in [0, 0.05) is 13.2 Å². The topological polar surface area (TPSA) is 92.8 Å². The Hall–Kier alpha value is -1.69. The van der Waals surface area contributed by atoms with Crippen LogP contribution in [0.4, 0.5) is 0 Å². The van der Waals surface area contributed by atoms with Crippen LogP contribution in [0.1, 0.15) is 31.4 Å². The lowest BCUT2D eigenvalue weighted by Gasteiger charge is -2.53. The molecular weight excluding hydrogens is 294 g/mol. The quantitative estimate of drug-likeness (QED) is 0.783. The number of aryl methyl sites for hydroxylation is 1. The van der Waals surface area contributed by atoms with Gasteiger partial charge in [-0.1, -0.05) is 13.0 Å². The maximum atomic E-state index is 12.5. The lowest BCUT2D eigenvalue weighted by molar-refractivity contribution is -0.144. The van der Waals surface area contributed by atoms with Gasteiger partial charge in [0.1, 0.15) is 17.5 Å². The average Bonchev–Trinajstić information content (AvgIpc) is 2.51. The molecule has 0 heterocycles. The molecule has 0 radical (unpaired) electrons. The average molecular weight is 319 g/mol. The lowest BCUT2D eigenvalue weighted by atomic mass is 9.56. The van der Waals surface area contributed by atoms with Gasteiger partial charge in [-0.2, -0.15) is 0 Å². The maximum absolute atomic E-state index is 12.5. The van der Waals surface area contributed by atoms with Crippen molar-refractivity contribution in [1.82, 2.24) is 0 Å². The number of phenolic OH excluding ortho intramolecular Hbond substituents is 1. The summed E-state index contributed by atoms with van der Waals surface area (Å²) in [4.78, 5) is 12.5. The number of ether oxygens (including phenoxy) is 1. The van der Waals surface area contributed by atoms with Gasteiger partial charge in [0.15, 0.2) is 5.78 Å². The van der Waals surface area contributed by atoms with Crippen molar-refractivity contribution in [2.75, 3.05) is 7.11 Å². The van der Waals surface area contributed by atoms with E-state index in [-0.39, 0.29) is 11.5 Å². The Labute approximate surface area is 136 Å². The van der Waals surface area contributed by atoms with E-state index in [4.69, 9.17) is 10.5 Å². The molecule has 1 aliphatic carbocycles. The minimum absolute atomic E-state index is 0.0716. The number of phenols is 1. The van der Waals surface area contributed by atoms with Crippen LogP contribution in [0.25, 0.3) is 0 Å². The standard InChI is InChI=1S/C18H25NO4/c1-5-17(14-10-13(20)7-6-11(14)2)16(23-4)15(21)8-9-18(17,22)12(3)19/h6-10,12,16,20,22H,5,19H2,1-4H3/t12?,16-,17?,18?/m0/s1. The number of carbonyl (C=O) groups excluding carboxylic acids is 1. The Morgan fingerprint density at radius 3 is 2.61 bits per heavy atom. The van der Waals surface area contributed by atoms with Crippen molar-refractivity contribution >= 4 is 5.78 Å². The highest BCUT2D eigenvalue weighted by molar-refractivity contribution is 5.97. The number of methoxy groups -OCH3 is 1. The van der Waals surface area contributed by atoms with Gasteiger partial charge in [-0.15, -0.1) is 0 Å². The van der Waals surface area contributed by atoms with E-state index in [0.29, 0.717) is 12.0 Å². The van der Waals surface area contributed by atoms with E-state index in [0.717, 1.165) is 5.56 Å². The van der Waals surface area contributed by atoms with Crippen molar-refractivity contribution in [3.63, 3.8) is 0 Å². The summed E-state index contributed by atoms with van der Waals surface area (Å²) in [5, 5.41) is 21.4. The summed E-state index contributed by atoms with van der Waals surface area (Å²) < 4.78 is 5.51. The number of carbonyl (C=O) groups is 1. The molecule has 4 atom stereocenters. The van der Waals surface area contributed by atoms with Crippen molar-refractivity contribution in [2.45, 2.75) is 50.4 Å². The molecule has 0 saturated carbocycles. The zero-order chi connectivity index (χ0) is 17.4. The molecule has 5 nitrogen and oxygen atoms in total. The molecule has 0 fully saturated rings. The number of hydrogen-bond donors (Lipinski definition) is 3. The van der Waals surface area contributed by atoms with Crippen LogP contribution >= 0.6 is 0 Å². The number of nitrogens with two attached hydrogens (primary N) is 1. The molecule has 126 valence electrons. The zero-order valence-corrected chi connectivity index (χ0v) is 14.0. The van der Waals surface area contributed by atoms with Gasteiger partial charge >= 0.3 is 0 Å². The van der Waals surface area contributed by atoms with Crippen molar-refractivity contribution in [2.24, 2.45) is 5.73 Å². The second-order valence-corrected chi connectivity index (χ2v) is 6.29. The normalized spacial score (nSPS) is 32.1. The molecule has 2 rings (SSSR count). The van der Waals surface area contributed by atoms with E-state index in [2.05, 4.69) is 0 Å². The predicted octanol–water partition coefficient (Wildman–Crippen LogP) is 1.58. The smallest absolute Gasteiger partial charge is 0.185 e. The molecule has 4 N–H and O–H groups in total. The summed E-state index contributed by atoms with van der Waals surface area (Å²) in [5.74, 6) is -0.148. The van der Waals surface area contributed by atoms with E-state index >= 15 is 0 Å². The zero-order valence-electron chi connectivity index (χ0n) is 14.0. The van der Waals surface area contributed by atoms with Crippen molar-refractivity contribution in [3.05, 3.63) is 41.5 Å². The van der Waals surface area contributed by atoms with E-state index in [1.165, 1.54) is 19.3 Å². The van der Waals surface area contributed by atoms with Gasteiger partial charge in [-0.05, 0) is 55.7 Å². The Morgan fingerprint density at radius 1 is 1.43 bits per heavy atom. The van der Waals surface area contributed by atoms with Crippen molar-refractivity contribution in [1.29, 1.82) is 0 Å². The molecule has 0 aliphatic heterocycles. The summed E-state index contributed by atoms with van der Waals surface area (Å²) in [6, 6.07) is 4.30. The third-order valence-corrected chi connectivity index (χ3v) is 5.11. The van der Waals surface area contributed by atoms with Gasteiger partial charge in [0.2, 0.25) is 0 Å². The predicted molar refractivity (Wildman–Crippen MR) is 88.4 cm³/mol. The SMILES string of the molecule is CCC1(c2cc(O)ccc2C)[C@@H](OC)C(=O)C=CC1(O)C(C)N. The lowest BCUT2D eigenvalue weighted by Crippen LogP contribution is -2.68. The van der Waals surface area contributed by atoms with Crippen LogP contribution in [-0.4, -0.2) is 40.9 Å². The van der Waals surface area contributed by atoms with Crippen LogP contribution in [0.5, 0.6) is 5.75 Å². The molecule has 1 aliphatic rings. The molecule has 0 spiro atoms. The van der Waals surface area contributed by atoms with Crippen LogP contribution in [0.2, 0.25) is 0 Å². The van der Waals surface area contributed by atoms with Crippen LogP contribution in [0, 0.1) is 6.92 Å². The van der Waals surface area contributed by atoms with E-state index in [1.807, 2.05) is 13.8 Å². The second-order valence-electron chi connectivity index (χ2n) is 6.29. The number of aromatic hydroxyl groups is 1. The maximum Gasteiger partial charge on any atom is 0.185 e. The molecule has 0 bridgehead atoms. The Morgan fingerprint density at radius 2 is 2.09 bits per heavy atom. The monoisotopic (exact) mass is 319 g/mol. The third kappa shape index (κ3) is 2.40. The van der Waals surface area contributed by atoms with Gasteiger partial charge in [0.25, 0.3) is 0 Å². The molecule has 0 saturated heterocycles. The van der Waals surface area contributed by atoms with Crippen molar-refractivity contribution < 1.29 is 19.7 Å². The van der Waals surface area contributed by atoms with E-state index in [9.17, 15) is 15.0 Å². The first-order chi connectivity index (χ1) is 10.7. The first kappa shape index (κ1) is 17.7. The molecule has 1 aromatic rings. The molecule has 3 unspecified atom stereocenters. The Balaban J connectivity index is 2.87. The summed E-state index contributed by atoms with van der Waals surface area (Å²) in [6.07, 6.45) is 2.35. The highest BCUT2D eigenvalue weighted by Crippen LogP contribution is 2.49. The van der Waals surface area contributed by atoms with Gasteiger partial charge in [-0.25, -0.2) is 0 Å². The van der Waals surface area contributed by atoms with Gasteiger partial charge in [-0.3, -0.25) is 4.79 Å². The summed E-state index contributed by atoms with van der Waals surface area (Å²) in [6.45, 7) is 5.47. The van der Waals surface area contributed by atoms with Crippen LogP contribution in [-0.2, 0) is 14.9 Å². The third-order valence-electron chi connectivity index (χ3n) is 5.11. The molecule has 0 amide bonds. The summed E-state index contributed by atoms with van der Waals surface area (Å²) in [5.41, 5.74) is 5.08. The molecular formula is C18H25NO4. The number of rotatable bonds is 4. The molecule has 5 heteroatoms. The van der Waals surface area contributed by atoms with E-state index in [1.54, 1.807) is 25.1 Å². The highest BCUT2D eigenvalue weighted by atomic mass is 16.5. The Bertz CT molecular complexity index is 640. The van der Waals surface area contributed by atoms with Crippen LogP contribution in [0.15, 0.2) is 30.4 Å². The number of ketones is 1. The number of aliphatic hydroxyl groups is 1. The number of hydrogen-bond acceptors (Lipinski definition) is 5. The molecule has 23 heavy (non-hydrogen) atoms. The largest absolute Gasteiger partial charge is 0.508 e. The highest BCUT2D eigenvalue weighted by Gasteiger charge is 2.60. The summed E-state index contributed by atoms with van der Waals surface area (Å²) >= 11 is 0. The van der Waals surface area contributed by atoms with Crippen LogP contribution < -0.4 is 5.73 Å². The summed E-state index contributed by atoms with van der Waals surface area (Å²) in [7, 11) is 1.45. The second kappa shape index (κ2) is 6.07. The first-order valence-electron chi connectivity index (χ1n) is 7.78. The minimum atomic E-state index is -1.48. The Kier molecular flexibility index (Phi) is 4.66. The fourth-order valence-corrected chi connectivity index (χ4v) is 3.88.